The number of benzene rings is 3. The van der Waals surface area contributed by atoms with Crippen LogP contribution in [-0.4, -0.2) is 64.3 Å². The maximum Gasteiger partial charge on any atom is 0.271 e. The molecule has 0 unspecified atom stereocenters. The van der Waals surface area contributed by atoms with Crippen molar-refractivity contribution in [2.75, 3.05) is 26.7 Å². The lowest BCUT2D eigenvalue weighted by atomic mass is 9.96. The van der Waals surface area contributed by atoms with Gasteiger partial charge in [-0.3, -0.25) is 9.69 Å². The Morgan fingerprint density at radius 1 is 1.07 bits per heavy atom. The van der Waals surface area contributed by atoms with E-state index >= 15 is 0 Å². The molecule has 4 aromatic rings. The number of carbonyl (C=O) groups is 1. The van der Waals surface area contributed by atoms with E-state index in [1.165, 1.54) is 12.1 Å². The lowest BCUT2D eigenvalue weighted by Crippen LogP contribution is -2.47. The minimum Gasteiger partial charge on any atom is -0.394 e. The fourth-order valence-electron chi connectivity index (χ4n) is 5.80. The minimum atomic E-state index is -0.366. The van der Waals surface area contributed by atoms with E-state index in [-0.39, 0.29) is 36.4 Å². The van der Waals surface area contributed by atoms with Crippen LogP contribution in [0.25, 0.3) is 22.0 Å². The molecule has 0 radical (unpaired) electrons. The first-order chi connectivity index (χ1) is 19.3. The molecule has 1 aromatic heterocycles. The predicted octanol–water partition coefficient (Wildman–Crippen LogP) is 5.47. The number of aliphatic hydroxyl groups is 1. The van der Waals surface area contributed by atoms with Crippen LogP contribution in [0.4, 0.5) is 4.39 Å². The normalized spacial score (nSPS) is 18.9. The van der Waals surface area contributed by atoms with Gasteiger partial charge in [-0.15, -0.1) is 0 Å². The number of rotatable bonds is 6. The summed E-state index contributed by atoms with van der Waals surface area (Å²) < 4.78 is 22.1. The number of aliphatic hydroxyl groups excluding tert-OH is 1. The number of nitrogens with zero attached hydrogens (tertiary/aromatic N) is 3. The number of amides is 1. The van der Waals surface area contributed by atoms with Crippen LogP contribution in [0.5, 0.6) is 0 Å². The molecule has 0 saturated heterocycles. The summed E-state index contributed by atoms with van der Waals surface area (Å²) in [7, 11) is 3.97. The Kier molecular flexibility index (Phi) is 8.35. The zero-order chi connectivity index (χ0) is 28.4. The monoisotopic (exact) mass is 543 g/mol. The highest BCUT2D eigenvalue weighted by Gasteiger charge is 2.33. The quantitative estimate of drug-likeness (QED) is 0.350. The van der Waals surface area contributed by atoms with E-state index < -0.39 is 0 Å². The molecule has 0 saturated carbocycles. The number of ether oxygens (including phenoxy) is 1. The lowest BCUT2D eigenvalue weighted by Gasteiger charge is -2.35. The first-order valence-electron chi connectivity index (χ1n) is 13.9. The third-order valence-electron chi connectivity index (χ3n) is 8.08. The Balaban J connectivity index is 1.56. The van der Waals surface area contributed by atoms with E-state index in [2.05, 4.69) is 30.0 Å². The van der Waals surface area contributed by atoms with Crippen LogP contribution in [0.3, 0.4) is 0 Å². The molecule has 0 spiro atoms. The number of fused-ring (bicyclic) bond motifs is 5. The topological polar surface area (TPSA) is 57.9 Å². The van der Waals surface area contributed by atoms with E-state index in [1.54, 1.807) is 17.0 Å². The number of halogens is 1. The van der Waals surface area contributed by atoms with Gasteiger partial charge in [-0.1, -0.05) is 61.5 Å². The highest BCUT2D eigenvalue weighted by Crippen LogP contribution is 2.38. The van der Waals surface area contributed by atoms with Gasteiger partial charge in [0.1, 0.15) is 11.5 Å². The number of para-hydroxylation sites is 1. The Morgan fingerprint density at radius 3 is 2.52 bits per heavy atom. The third-order valence-corrected chi connectivity index (χ3v) is 8.08. The van der Waals surface area contributed by atoms with Gasteiger partial charge in [0.25, 0.3) is 5.91 Å². The highest BCUT2D eigenvalue weighted by atomic mass is 19.1. The molecule has 1 N–H and O–H groups in total. The summed E-state index contributed by atoms with van der Waals surface area (Å²) in [6, 6.07) is 22.4. The molecule has 3 aromatic carbocycles. The molecule has 2 heterocycles. The zero-order valence-corrected chi connectivity index (χ0v) is 23.7. The summed E-state index contributed by atoms with van der Waals surface area (Å²) in [6.07, 6.45) is -0.183. The first-order valence-corrected chi connectivity index (χ1v) is 13.9. The number of carbonyl (C=O) groups excluding carboxylic acids is 1. The first kappa shape index (κ1) is 28.0. The van der Waals surface area contributed by atoms with Crippen molar-refractivity contribution in [3.63, 3.8) is 0 Å². The van der Waals surface area contributed by atoms with Gasteiger partial charge in [0.05, 0.1) is 25.4 Å². The predicted molar refractivity (Wildman–Crippen MR) is 156 cm³/mol. The van der Waals surface area contributed by atoms with Gasteiger partial charge in [0, 0.05) is 49.1 Å². The Morgan fingerprint density at radius 2 is 1.77 bits per heavy atom. The number of hydrogen-bond donors (Lipinski definition) is 1. The Labute approximate surface area is 235 Å². The maximum absolute atomic E-state index is 14.4. The van der Waals surface area contributed by atoms with Gasteiger partial charge in [-0.2, -0.15) is 0 Å². The van der Waals surface area contributed by atoms with Gasteiger partial charge < -0.3 is 19.3 Å². The molecule has 1 amide bonds. The molecule has 210 valence electrons. The molecule has 0 bridgehead atoms. The minimum absolute atomic E-state index is 0.0167. The molecule has 1 aliphatic rings. The van der Waals surface area contributed by atoms with Gasteiger partial charge >= 0.3 is 0 Å². The number of likely N-dealkylation sites (N-methyl/N-ethyl adjacent to an activating group) is 1. The maximum atomic E-state index is 14.4. The van der Waals surface area contributed by atoms with Crippen molar-refractivity contribution >= 4 is 16.8 Å². The molecule has 6 nitrogen and oxygen atoms in total. The van der Waals surface area contributed by atoms with Gasteiger partial charge in [-0.05, 0) is 48.9 Å². The Bertz CT molecular complexity index is 1480. The molecule has 5 rings (SSSR count). The fraction of sp³-hybridized carbons (Fsp3) is 0.364. The summed E-state index contributed by atoms with van der Waals surface area (Å²) in [5.41, 5.74) is 5.53. The molecule has 1 aliphatic heterocycles. The summed E-state index contributed by atoms with van der Waals surface area (Å²) in [4.78, 5) is 18.4. The van der Waals surface area contributed by atoms with Crippen LogP contribution in [0, 0.1) is 11.7 Å². The van der Waals surface area contributed by atoms with E-state index in [9.17, 15) is 14.3 Å². The van der Waals surface area contributed by atoms with Gasteiger partial charge in [0.15, 0.2) is 0 Å². The lowest BCUT2D eigenvalue weighted by molar-refractivity contribution is -0.0242. The summed E-state index contributed by atoms with van der Waals surface area (Å²) in [6.45, 7) is 5.98. The summed E-state index contributed by atoms with van der Waals surface area (Å²) in [5, 5.41) is 11.2. The van der Waals surface area contributed by atoms with Gasteiger partial charge in [-0.25, -0.2) is 4.39 Å². The zero-order valence-electron chi connectivity index (χ0n) is 23.7. The average Bonchev–Trinajstić information content (AvgIpc) is 3.25. The van der Waals surface area contributed by atoms with Crippen molar-refractivity contribution in [1.29, 1.82) is 0 Å². The standard InChI is InChI=1S/C33H38FN3O3/c1-22-17-37(23(2)20-38)33(39)32-31(28-11-7-8-12-29(28)36(32)4)27-10-6-5-9-25(27)21-40-30(22)19-35(3)18-24-13-15-26(34)16-14-24/h5-16,22-23,30,38H,17-21H2,1-4H3/t22-,23+,30-/m1/s1. The van der Waals surface area contributed by atoms with E-state index in [0.717, 1.165) is 33.2 Å². The van der Waals surface area contributed by atoms with E-state index in [4.69, 9.17) is 4.74 Å². The van der Waals surface area contributed by atoms with Crippen molar-refractivity contribution in [3.05, 3.63) is 95.4 Å². The molecule has 3 atom stereocenters. The van der Waals surface area contributed by atoms with Crippen molar-refractivity contribution in [1.82, 2.24) is 14.4 Å². The van der Waals surface area contributed by atoms with Crippen molar-refractivity contribution in [3.8, 4) is 11.1 Å². The SMILES string of the molecule is C[C@@H]1CN([C@@H](C)CO)C(=O)c2c(c3ccccc3n2C)-c2ccccc2CO[C@@H]1CN(C)Cc1ccc(F)cc1. The molecule has 40 heavy (non-hydrogen) atoms. The van der Waals surface area contributed by atoms with Crippen LogP contribution in [0.2, 0.25) is 0 Å². The average molecular weight is 544 g/mol. The summed E-state index contributed by atoms with van der Waals surface area (Å²) >= 11 is 0. The molecule has 0 aliphatic carbocycles. The smallest absolute Gasteiger partial charge is 0.271 e. The van der Waals surface area contributed by atoms with Crippen LogP contribution in [0.1, 0.15) is 35.5 Å². The largest absolute Gasteiger partial charge is 0.394 e. The summed E-state index contributed by atoms with van der Waals surface area (Å²) in [5.74, 6) is -0.365. The molecule has 0 fully saturated rings. The van der Waals surface area contributed by atoms with Crippen molar-refractivity contribution < 1.29 is 19.0 Å². The van der Waals surface area contributed by atoms with Crippen LogP contribution in [0.15, 0.2) is 72.8 Å². The van der Waals surface area contributed by atoms with Crippen LogP contribution >= 0.6 is 0 Å². The third kappa shape index (κ3) is 5.55. The fourth-order valence-corrected chi connectivity index (χ4v) is 5.80. The van der Waals surface area contributed by atoms with Crippen LogP contribution in [-0.2, 0) is 24.9 Å². The second-order valence-corrected chi connectivity index (χ2v) is 11.1. The van der Waals surface area contributed by atoms with Crippen molar-refractivity contribution in [2.24, 2.45) is 13.0 Å². The van der Waals surface area contributed by atoms with E-state index in [0.29, 0.717) is 31.9 Å². The van der Waals surface area contributed by atoms with Gasteiger partial charge in [0.2, 0.25) is 0 Å². The second-order valence-electron chi connectivity index (χ2n) is 11.1. The van der Waals surface area contributed by atoms with E-state index in [1.807, 2.05) is 55.9 Å². The number of aryl methyl sites for hydroxylation is 1. The second kappa shape index (κ2) is 11.9. The Hall–Kier alpha value is -3.52. The molecular weight excluding hydrogens is 505 g/mol. The highest BCUT2D eigenvalue weighted by molar-refractivity contribution is 6.10. The number of hydrogen-bond acceptors (Lipinski definition) is 4. The molecule has 7 heteroatoms. The molecular formula is C33H38FN3O3. The van der Waals surface area contributed by atoms with Crippen LogP contribution < -0.4 is 0 Å². The van der Waals surface area contributed by atoms with Crippen molar-refractivity contribution in [2.45, 2.75) is 39.1 Å². The number of aromatic nitrogens is 1.